The average Bonchev–Trinajstić information content (AvgIpc) is 2.73. The average molecular weight is 308 g/mol. The standard InChI is InChI=1S/C15H20N2O3S/c1-15(2)13(14(19)20)17-12(21-15)9-16-11(18)8-10-6-4-3-5-7-10/h3-7,12-13,17H,8-9H2,1-2H3,(H,16,18)(H,19,20)/t12-,13+/m1/s1. The van der Waals surface area contributed by atoms with E-state index in [1.54, 1.807) is 11.8 Å². The smallest absolute Gasteiger partial charge is 0.322 e. The highest BCUT2D eigenvalue weighted by Gasteiger charge is 2.44. The predicted octanol–water partition coefficient (Wildman–Crippen LogP) is 1.24. The van der Waals surface area contributed by atoms with Crippen LogP contribution in [0.25, 0.3) is 0 Å². The lowest BCUT2D eigenvalue weighted by atomic mass is 10.0. The van der Waals surface area contributed by atoms with Crippen molar-refractivity contribution in [2.24, 2.45) is 0 Å². The molecule has 1 saturated heterocycles. The van der Waals surface area contributed by atoms with Crippen LogP contribution in [0, 0.1) is 0 Å². The maximum atomic E-state index is 11.9. The van der Waals surface area contributed by atoms with Crippen LogP contribution in [0.4, 0.5) is 0 Å². The van der Waals surface area contributed by atoms with Crippen LogP contribution in [-0.2, 0) is 16.0 Å². The highest BCUT2D eigenvalue weighted by Crippen LogP contribution is 2.37. The van der Waals surface area contributed by atoms with Crippen LogP contribution >= 0.6 is 11.8 Å². The van der Waals surface area contributed by atoms with Crippen LogP contribution in [0.1, 0.15) is 19.4 Å². The van der Waals surface area contributed by atoms with Crippen molar-refractivity contribution in [1.82, 2.24) is 10.6 Å². The third-order valence-electron chi connectivity index (χ3n) is 3.43. The molecular formula is C15H20N2O3S. The summed E-state index contributed by atoms with van der Waals surface area (Å²) in [6, 6.07) is 8.93. The summed E-state index contributed by atoms with van der Waals surface area (Å²) in [5.41, 5.74) is 0.964. The van der Waals surface area contributed by atoms with Gasteiger partial charge in [-0.2, -0.15) is 0 Å². The molecular weight excluding hydrogens is 288 g/mol. The first-order chi connectivity index (χ1) is 9.88. The van der Waals surface area contributed by atoms with Gasteiger partial charge in [0.2, 0.25) is 5.91 Å². The summed E-state index contributed by atoms with van der Waals surface area (Å²) in [5.74, 6) is -0.911. The summed E-state index contributed by atoms with van der Waals surface area (Å²) in [7, 11) is 0. The van der Waals surface area contributed by atoms with Gasteiger partial charge in [0, 0.05) is 11.3 Å². The maximum Gasteiger partial charge on any atom is 0.322 e. The number of hydrogen-bond donors (Lipinski definition) is 3. The number of carbonyl (C=O) groups is 2. The third-order valence-corrected chi connectivity index (χ3v) is 4.86. The molecule has 0 spiro atoms. The van der Waals surface area contributed by atoms with Crippen molar-refractivity contribution in [1.29, 1.82) is 0 Å². The largest absolute Gasteiger partial charge is 0.480 e. The van der Waals surface area contributed by atoms with Gasteiger partial charge in [-0.3, -0.25) is 14.9 Å². The number of rotatable bonds is 5. The van der Waals surface area contributed by atoms with E-state index in [4.69, 9.17) is 0 Å². The minimum Gasteiger partial charge on any atom is -0.480 e. The number of carbonyl (C=O) groups excluding carboxylic acids is 1. The predicted molar refractivity (Wildman–Crippen MR) is 83.2 cm³/mol. The van der Waals surface area contributed by atoms with Crippen LogP contribution in [0.15, 0.2) is 30.3 Å². The number of carboxylic acids is 1. The summed E-state index contributed by atoms with van der Waals surface area (Å²) >= 11 is 1.55. The van der Waals surface area contributed by atoms with Crippen LogP contribution in [0.2, 0.25) is 0 Å². The lowest BCUT2D eigenvalue weighted by Gasteiger charge is -2.20. The number of benzene rings is 1. The number of nitrogens with one attached hydrogen (secondary N) is 2. The molecule has 1 aliphatic rings. The zero-order valence-corrected chi connectivity index (χ0v) is 12.9. The summed E-state index contributed by atoms with van der Waals surface area (Å²) in [5, 5.41) is 15.0. The van der Waals surface area contributed by atoms with Crippen LogP contribution < -0.4 is 10.6 Å². The highest BCUT2D eigenvalue weighted by molar-refractivity contribution is 8.01. The molecule has 1 heterocycles. The number of amides is 1. The van der Waals surface area contributed by atoms with Crippen LogP contribution in [-0.4, -0.2) is 39.7 Å². The van der Waals surface area contributed by atoms with Crippen LogP contribution in [0.3, 0.4) is 0 Å². The van der Waals surface area contributed by atoms with Crippen molar-refractivity contribution >= 4 is 23.6 Å². The van der Waals surface area contributed by atoms with Gasteiger partial charge in [0.15, 0.2) is 0 Å². The van der Waals surface area contributed by atoms with E-state index in [0.717, 1.165) is 5.56 Å². The molecule has 1 aliphatic heterocycles. The van der Waals surface area contributed by atoms with E-state index < -0.39 is 12.0 Å². The molecule has 1 aromatic carbocycles. The number of thioether (sulfide) groups is 1. The van der Waals surface area contributed by atoms with E-state index in [0.29, 0.717) is 13.0 Å². The van der Waals surface area contributed by atoms with E-state index in [1.165, 1.54) is 0 Å². The lowest BCUT2D eigenvalue weighted by Crippen LogP contribution is -2.46. The van der Waals surface area contributed by atoms with Gasteiger partial charge in [-0.1, -0.05) is 30.3 Å². The molecule has 0 unspecified atom stereocenters. The Bertz CT molecular complexity index is 519. The highest BCUT2D eigenvalue weighted by atomic mass is 32.2. The van der Waals surface area contributed by atoms with E-state index in [1.807, 2.05) is 44.2 Å². The molecule has 0 bridgehead atoms. The first-order valence-electron chi connectivity index (χ1n) is 6.86. The molecule has 21 heavy (non-hydrogen) atoms. The van der Waals surface area contributed by atoms with Crippen molar-refractivity contribution < 1.29 is 14.7 Å². The molecule has 1 fully saturated rings. The number of carboxylic acid groups (broad SMARTS) is 1. The van der Waals surface area contributed by atoms with E-state index in [-0.39, 0.29) is 16.0 Å². The normalized spacial score (nSPS) is 23.7. The third kappa shape index (κ3) is 4.22. The van der Waals surface area contributed by atoms with Gasteiger partial charge in [-0.05, 0) is 19.4 Å². The van der Waals surface area contributed by atoms with Gasteiger partial charge in [0.25, 0.3) is 0 Å². The van der Waals surface area contributed by atoms with Crippen molar-refractivity contribution in [2.75, 3.05) is 6.54 Å². The fourth-order valence-electron chi connectivity index (χ4n) is 2.37. The molecule has 0 aliphatic carbocycles. The molecule has 0 saturated carbocycles. The SMILES string of the molecule is CC1(C)S[C@H](CNC(=O)Cc2ccccc2)N[C@H]1C(=O)O. The van der Waals surface area contributed by atoms with Gasteiger partial charge in [0.1, 0.15) is 6.04 Å². The zero-order valence-electron chi connectivity index (χ0n) is 12.1. The summed E-state index contributed by atoms with van der Waals surface area (Å²) < 4.78 is -0.388. The molecule has 2 rings (SSSR count). The zero-order chi connectivity index (χ0) is 15.5. The lowest BCUT2D eigenvalue weighted by molar-refractivity contribution is -0.139. The Morgan fingerprint density at radius 2 is 2.00 bits per heavy atom. The molecule has 6 heteroatoms. The Morgan fingerprint density at radius 3 is 2.57 bits per heavy atom. The number of aliphatic carboxylic acids is 1. The Hall–Kier alpha value is -1.53. The second-order valence-corrected chi connectivity index (χ2v) is 7.47. The number of hydrogen-bond acceptors (Lipinski definition) is 4. The second kappa shape index (κ2) is 6.49. The Balaban J connectivity index is 1.81. The first-order valence-corrected chi connectivity index (χ1v) is 7.74. The maximum absolute atomic E-state index is 11.9. The molecule has 1 aromatic rings. The summed E-state index contributed by atoms with van der Waals surface area (Å²) in [6.45, 7) is 4.22. The molecule has 2 atom stereocenters. The molecule has 5 nitrogen and oxygen atoms in total. The van der Waals surface area contributed by atoms with Gasteiger partial charge in [0.05, 0.1) is 11.8 Å². The van der Waals surface area contributed by atoms with Gasteiger partial charge in [-0.15, -0.1) is 11.8 Å². The Labute approximate surface area is 128 Å². The molecule has 0 aromatic heterocycles. The molecule has 114 valence electrons. The molecule has 3 N–H and O–H groups in total. The van der Waals surface area contributed by atoms with Gasteiger partial charge in [-0.25, -0.2) is 0 Å². The quantitative estimate of drug-likeness (QED) is 0.763. The minimum absolute atomic E-state index is 0.0554. The second-order valence-electron chi connectivity index (χ2n) is 5.61. The molecule has 0 radical (unpaired) electrons. The van der Waals surface area contributed by atoms with Crippen molar-refractivity contribution in [3.63, 3.8) is 0 Å². The molecule has 1 amide bonds. The van der Waals surface area contributed by atoms with E-state index in [2.05, 4.69) is 10.6 Å². The van der Waals surface area contributed by atoms with E-state index in [9.17, 15) is 14.7 Å². The van der Waals surface area contributed by atoms with Gasteiger partial charge >= 0.3 is 5.97 Å². The monoisotopic (exact) mass is 308 g/mol. The van der Waals surface area contributed by atoms with Gasteiger partial charge < -0.3 is 10.4 Å². The first kappa shape index (κ1) is 15.9. The fraction of sp³-hybridized carbons (Fsp3) is 0.467. The summed E-state index contributed by atoms with van der Waals surface area (Å²) in [4.78, 5) is 23.1. The van der Waals surface area contributed by atoms with Crippen LogP contribution in [0.5, 0.6) is 0 Å². The fourth-order valence-corrected chi connectivity index (χ4v) is 3.78. The summed E-state index contributed by atoms with van der Waals surface area (Å²) in [6.07, 6.45) is 0.337. The topological polar surface area (TPSA) is 78.4 Å². The Kier molecular flexibility index (Phi) is 4.90. The van der Waals surface area contributed by atoms with E-state index >= 15 is 0 Å². The Morgan fingerprint density at radius 1 is 1.33 bits per heavy atom. The van der Waals surface area contributed by atoms with Crippen molar-refractivity contribution in [2.45, 2.75) is 36.4 Å². The van der Waals surface area contributed by atoms with Crippen molar-refractivity contribution in [3.05, 3.63) is 35.9 Å². The minimum atomic E-state index is -0.856. The van der Waals surface area contributed by atoms with Crippen molar-refractivity contribution in [3.8, 4) is 0 Å².